The highest BCUT2D eigenvalue weighted by molar-refractivity contribution is 8.26. The zero-order chi connectivity index (χ0) is 18.5. The lowest BCUT2D eigenvalue weighted by molar-refractivity contribution is -0.124. The maximum atomic E-state index is 12.5. The highest BCUT2D eigenvalue weighted by Gasteiger charge is 2.32. The molecular formula is C18H15ClN2O3S2. The van der Waals surface area contributed by atoms with Crippen molar-refractivity contribution in [3.05, 3.63) is 63.9 Å². The van der Waals surface area contributed by atoms with E-state index in [1.54, 1.807) is 36.6 Å². The van der Waals surface area contributed by atoms with Gasteiger partial charge in [-0.2, -0.15) is 0 Å². The second kappa shape index (κ2) is 8.53. The first kappa shape index (κ1) is 18.7. The van der Waals surface area contributed by atoms with E-state index in [0.29, 0.717) is 26.6 Å². The largest absolute Gasteiger partial charge is 0.467 e. The molecule has 0 aliphatic carbocycles. The van der Waals surface area contributed by atoms with Gasteiger partial charge in [0.15, 0.2) is 0 Å². The summed E-state index contributed by atoms with van der Waals surface area (Å²) in [5.74, 6) is 0.320. The van der Waals surface area contributed by atoms with E-state index in [9.17, 15) is 9.59 Å². The van der Waals surface area contributed by atoms with Gasteiger partial charge in [0.2, 0.25) is 5.91 Å². The lowest BCUT2D eigenvalue weighted by atomic mass is 10.2. The fourth-order valence-electron chi connectivity index (χ4n) is 2.30. The topological polar surface area (TPSA) is 62.6 Å². The third kappa shape index (κ3) is 4.75. The molecule has 5 nitrogen and oxygen atoms in total. The number of carbonyl (C=O) groups is 2. The second-order valence-corrected chi connectivity index (χ2v) is 7.60. The highest BCUT2D eigenvalue weighted by Crippen LogP contribution is 2.32. The molecule has 0 bridgehead atoms. The monoisotopic (exact) mass is 406 g/mol. The van der Waals surface area contributed by atoms with Gasteiger partial charge in [0, 0.05) is 18.0 Å². The summed E-state index contributed by atoms with van der Waals surface area (Å²) in [6, 6.07) is 10.7. The van der Waals surface area contributed by atoms with Gasteiger partial charge in [-0.1, -0.05) is 47.7 Å². The van der Waals surface area contributed by atoms with Crippen LogP contribution in [0.1, 0.15) is 17.7 Å². The number of nitrogens with one attached hydrogen (secondary N) is 1. The van der Waals surface area contributed by atoms with E-state index < -0.39 is 0 Å². The van der Waals surface area contributed by atoms with Crippen molar-refractivity contribution in [2.75, 3.05) is 6.54 Å². The smallest absolute Gasteiger partial charge is 0.266 e. The molecule has 0 unspecified atom stereocenters. The summed E-state index contributed by atoms with van der Waals surface area (Å²) >= 11 is 12.4. The van der Waals surface area contributed by atoms with Crippen LogP contribution in [0.2, 0.25) is 5.02 Å². The van der Waals surface area contributed by atoms with Gasteiger partial charge in [-0.25, -0.2) is 0 Å². The van der Waals surface area contributed by atoms with Gasteiger partial charge >= 0.3 is 0 Å². The summed E-state index contributed by atoms with van der Waals surface area (Å²) in [7, 11) is 0. The predicted octanol–water partition coefficient (Wildman–Crippen LogP) is 3.84. The minimum Gasteiger partial charge on any atom is -0.467 e. The third-order valence-corrected chi connectivity index (χ3v) is 5.27. The van der Waals surface area contributed by atoms with E-state index in [4.69, 9.17) is 28.2 Å². The van der Waals surface area contributed by atoms with Crippen molar-refractivity contribution in [2.24, 2.45) is 0 Å². The number of amides is 2. The molecule has 1 aliphatic rings. The molecule has 0 saturated carbocycles. The molecule has 1 aromatic heterocycles. The number of furan rings is 1. The van der Waals surface area contributed by atoms with Crippen LogP contribution < -0.4 is 5.32 Å². The summed E-state index contributed by atoms with van der Waals surface area (Å²) in [6.45, 7) is 0.563. The summed E-state index contributed by atoms with van der Waals surface area (Å²) < 4.78 is 5.61. The lowest BCUT2D eigenvalue weighted by Crippen LogP contribution is -2.33. The van der Waals surface area contributed by atoms with Crippen molar-refractivity contribution in [1.29, 1.82) is 0 Å². The van der Waals surface area contributed by atoms with E-state index in [-0.39, 0.29) is 24.8 Å². The molecule has 0 spiro atoms. The average molecular weight is 407 g/mol. The summed E-state index contributed by atoms with van der Waals surface area (Å²) in [5, 5.41) is 3.38. The van der Waals surface area contributed by atoms with Gasteiger partial charge in [-0.15, -0.1) is 0 Å². The van der Waals surface area contributed by atoms with Crippen LogP contribution in [0.5, 0.6) is 0 Å². The Kier molecular flexibility index (Phi) is 6.13. The summed E-state index contributed by atoms with van der Waals surface area (Å²) in [6.07, 6.45) is 3.49. The number of hydrogen-bond donors (Lipinski definition) is 1. The molecule has 0 radical (unpaired) electrons. The van der Waals surface area contributed by atoms with Crippen LogP contribution in [0.3, 0.4) is 0 Å². The Labute approximate surface area is 165 Å². The van der Waals surface area contributed by atoms with Crippen LogP contribution in [0.25, 0.3) is 6.08 Å². The van der Waals surface area contributed by atoms with Crippen LogP contribution >= 0.6 is 35.6 Å². The van der Waals surface area contributed by atoms with Crippen molar-refractivity contribution in [2.45, 2.75) is 13.0 Å². The zero-order valence-electron chi connectivity index (χ0n) is 13.6. The molecule has 1 saturated heterocycles. The molecule has 1 N–H and O–H groups in total. The molecule has 2 heterocycles. The van der Waals surface area contributed by atoms with E-state index >= 15 is 0 Å². The van der Waals surface area contributed by atoms with Gasteiger partial charge in [0.25, 0.3) is 5.91 Å². The number of benzene rings is 1. The Hall–Kier alpha value is -2.09. The number of hydrogen-bond acceptors (Lipinski definition) is 5. The molecule has 134 valence electrons. The Bertz CT molecular complexity index is 848. The number of thiocarbonyl (C=S) groups is 1. The predicted molar refractivity (Wildman–Crippen MR) is 107 cm³/mol. The maximum absolute atomic E-state index is 12.5. The molecule has 1 aliphatic heterocycles. The Morgan fingerprint density at radius 2 is 2.08 bits per heavy atom. The minimum absolute atomic E-state index is 0.168. The van der Waals surface area contributed by atoms with Crippen LogP contribution in [0.15, 0.2) is 52.0 Å². The SMILES string of the molecule is O=C(CCN1C(=O)/C(=C/c2ccc(Cl)cc2)SC1=S)NCc1ccco1. The first-order valence-corrected chi connectivity index (χ1v) is 9.43. The van der Waals surface area contributed by atoms with Crippen molar-refractivity contribution in [3.8, 4) is 0 Å². The molecule has 2 aromatic rings. The van der Waals surface area contributed by atoms with Crippen molar-refractivity contribution >= 4 is 57.8 Å². The fraction of sp³-hybridized carbons (Fsp3) is 0.167. The normalized spacial score (nSPS) is 15.7. The average Bonchev–Trinajstić information content (AvgIpc) is 3.23. The standard InChI is InChI=1S/C18H15ClN2O3S2/c19-13-5-3-12(4-6-13)10-15-17(23)21(18(25)26-15)8-7-16(22)20-11-14-2-1-9-24-14/h1-6,9-10H,7-8,11H2,(H,20,22)/b15-10-. The van der Waals surface area contributed by atoms with E-state index in [2.05, 4.69) is 5.32 Å². The molecule has 3 rings (SSSR count). The second-order valence-electron chi connectivity index (χ2n) is 5.49. The molecule has 8 heteroatoms. The van der Waals surface area contributed by atoms with Gasteiger partial charge in [0.05, 0.1) is 17.7 Å². The van der Waals surface area contributed by atoms with Crippen molar-refractivity contribution in [3.63, 3.8) is 0 Å². The molecule has 1 fully saturated rings. The Morgan fingerprint density at radius 1 is 1.31 bits per heavy atom. The number of halogens is 1. The fourth-order valence-corrected chi connectivity index (χ4v) is 3.74. The molecular weight excluding hydrogens is 392 g/mol. The highest BCUT2D eigenvalue weighted by atomic mass is 35.5. The maximum Gasteiger partial charge on any atom is 0.266 e. The van der Waals surface area contributed by atoms with Gasteiger partial charge in [-0.05, 0) is 35.9 Å². The first-order valence-electron chi connectivity index (χ1n) is 7.83. The molecule has 1 aromatic carbocycles. The quantitative estimate of drug-likeness (QED) is 0.583. The molecule has 26 heavy (non-hydrogen) atoms. The van der Waals surface area contributed by atoms with Crippen molar-refractivity contribution < 1.29 is 14.0 Å². The number of thioether (sulfide) groups is 1. The lowest BCUT2D eigenvalue weighted by Gasteiger charge is -2.13. The third-order valence-electron chi connectivity index (χ3n) is 3.64. The van der Waals surface area contributed by atoms with E-state index in [0.717, 1.165) is 5.56 Å². The van der Waals surface area contributed by atoms with Gasteiger partial charge in [0.1, 0.15) is 10.1 Å². The van der Waals surface area contributed by atoms with Gasteiger partial charge < -0.3 is 9.73 Å². The Morgan fingerprint density at radius 3 is 2.77 bits per heavy atom. The Balaban J connectivity index is 1.55. The van der Waals surface area contributed by atoms with Crippen LogP contribution in [0, 0.1) is 0 Å². The van der Waals surface area contributed by atoms with Gasteiger partial charge in [-0.3, -0.25) is 14.5 Å². The molecule has 2 amide bonds. The van der Waals surface area contributed by atoms with E-state index in [1.807, 2.05) is 12.1 Å². The summed E-state index contributed by atoms with van der Waals surface area (Å²) in [4.78, 5) is 26.5. The number of nitrogens with zero attached hydrogens (tertiary/aromatic N) is 1. The van der Waals surface area contributed by atoms with Crippen LogP contribution in [0.4, 0.5) is 0 Å². The van der Waals surface area contributed by atoms with Crippen LogP contribution in [-0.4, -0.2) is 27.6 Å². The van der Waals surface area contributed by atoms with Crippen LogP contribution in [-0.2, 0) is 16.1 Å². The summed E-state index contributed by atoms with van der Waals surface area (Å²) in [5.41, 5.74) is 0.867. The van der Waals surface area contributed by atoms with Crippen molar-refractivity contribution in [1.82, 2.24) is 10.2 Å². The minimum atomic E-state index is -0.186. The number of carbonyl (C=O) groups excluding carboxylic acids is 2. The van der Waals surface area contributed by atoms with E-state index in [1.165, 1.54) is 16.7 Å². The first-order chi connectivity index (χ1) is 12.5. The molecule has 0 atom stereocenters. The number of rotatable bonds is 6. The zero-order valence-corrected chi connectivity index (χ0v) is 16.0.